The molecule has 26 heavy (non-hydrogen) atoms. The molecule has 0 unspecified atom stereocenters. The lowest BCUT2D eigenvalue weighted by atomic mass is 10.1. The molecule has 1 aromatic carbocycles. The molecule has 2 N–H and O–H groups in total. The van der Waals surface area contributed by atoms with Crippen molar-refractivity contribution in [3.05, 3.63) is 75.9 Å². The zero-order valence-electron chi connectivity index (χ0n) is 14.1. The van der Waals surface area contributed by atoms with Crippen LogP contribution in [0.2, 0.25) is 0 Å². The molecular weight excluding hydrogens is 444 g/mol. The van der Waals surface area contributed by atoms with Gasteiger partial charge in [-0.15, -0.1) is 0 Å². The predicted molar refractivity (Wildman–Crippen MR) is 112 cm³/mol. The van der Waals surface area contributed by atoms with E-state index in [1.807, 2.05) is 12.2 Å². The molecule has 0 spiro atoms. The minimum atomic E-state index is -0.294. The highest BCUT2D eigenvalue weighted by Gasteiger charge is 2.17. The number of allylic oxidation sites excluding steroid dienone is 3. The molecule has 0 fully saturated rings. The number of carbonyl (C=O) groups excluding carboxylic acids is 1. The second-order valence-electron chi connectivity index (χ2n) is 5.72. The number of hydrogen-bond donors (Lipinski definition) is 1. The summed E-state index contributed by atoms with van der Waals surface area (Å²) < 4.78 is 16.6. The quantitative estimate of drug-likeness (QED) is 0.668. The summed E-state index contributed by atoms with van der Waals surface area (Å²) in [4.78, 5) is 18.9. The van der Waals surface area contributed by atoms with E-state index >= 15 is 0 Å². The number of aromatic nitrogens is 1. The van der Waals surface area contributed by atoms with Gasteiger partial charge in [0.2, 0.25) is 0 Å². The van der Waals surface area contributed by atoms with Crippen molar-refractivity contribution in [2.24, 2.45) is 5.73 Å². The highest BCUT2D eigenvalue weighted by molar-refractivity contribution is 14.2. The fourth-order valence-electron chi connectivity index (χ4n) is 2.57. The Morgan fingerprint density at radius 2 is 1.96 bits per heavy atom. The molecule has 0 saturated heterocycles. The first-order chi connectivity index (χ1) is 12.7. The smallest absolute Gasteiger partial charge is 0.255 e. The first kappa shape index (κ1) is 18.6. The third-order valence-electron chi connectivity index (χ3n) is 3.85. The van der Waals surface area contributed by atoms with E-state index in [9.17, 15) is 9.18 Å². The van der Waals surface area contributed by atoms with Crippen LogP contribution in [-0.4, -0.2) is 39.4 Å². The van der Waals surface area contributed by atoms with Crippen LogP contribution in [0.5, 0.6) is 0 Å². The summed E-state index contributed by atoms with van der Waals surface area (Å²) in [6, 6.07) is 7.94. The van der Waals surface area contributed by atoms with E-state index < -0.39 is 0 Å². The minimum Gasteiger partial charge on any atom is -0.333 e. The van der Waals surface area contributed by atoms with Gasteiger partial charge in [0.1, 0.15) is 5.82 Å². The topological polar surface area (TPSA) is 59.2 Å². The van der Waals surface area contributed by atoms with Crippen LogP contribution in [0.25, 0.3) is 11.1 Å². The number of amides is 1. The van der Waals surface area contributed by atoms with Gasteiger partial charge in [0.15, 0.2) is 0 Å². The molecule has 1 aliphatic rings. The van der Waals surface area contributed by atoms with E-state index in [2.05, 4.69) is 15.1 Å². The van der Waals surface area contributed by atoms with Crippen molar-refractivity contribution >= 4 is 30.6 Å². The van der Waals surface area contributed by atoms with Crippen LogP contribution in [0, 0.1) is 5.82 Å². The molecule has 134 valence electrons. The lowest BCUT2D eigenvalue weighted by molar-refractivity contribution is 0.0777. The van der Waals surface area contributed by atoms with Crippen LogP contribution >= 0.6 is 20.7 Å². The molecular formula is C20H19FIN3O. The maximum Gasteiger partial charge on any atom is 0.255 e. The molecule has 0 aliphatic carbocycles. The third-order valence-corrected chi connectivity index (χ3v) is 6.13. The minimum absolute atomic E-state index is 0.0913. The molecule has 1 amide bonds. The van der Waals surface area contributed by atoms with Gasteiger partial charge in [-0.1, -0.05) is 51.1 Å². The molecule has 0 bridgehead atoms. The van der Waals surface area contributed by atoms with Crippen LogP contribution in [0.3, 0.4) is 0 Å². The second-order valence-corrected chi connectivity index (χ2v) is 8.45. The number of benzene rings is 1. The molecule has 0 atom stereocenters. The normalized spacial score (nSPS) is 13.1. The van der Waals surface area contributed by atoms with E-state index in [-0.39, 0.29) is 32.5 Å². The number of nitrogens with zero attached hydrogens (tertiary/aromatic N) is 2. The van der Waals surface area contributed by atoms with Gasteiger partial charge < -0.3 is 10.6 Å². The van der Waals surface area contributed by atoms with E-state index in [4.69, 9.17) is 5.73 Å². The molecule has 2 heterocycles. The van der Waals surface area contributed by atoms with E-state index in [1.54, 1.807) is 35.5 Å². The lowest BCUT2D eigenvalue weighted by Crippen LogP contribution is -2.36. The van der Waals surface area contributed by atoms with Crippen LogP contribution in [-0.2, 0) is 0 Å². The number of hydrogen-bond acceptors (Lipinski definition) is 3. The standard InChI is InChI=1S/C20H19FIN3O/c21-18-6-4-15(5-7-18)16-11-17(13-24-12-16)20(26)25(10-9-23)14-19-3-1-2-8-22-19/h1-8,11-13H,9-10,14,23H2. The van der Waals surface area contributed by atoms with Crippen LogP contribution in [0.15, 0.2) is 64.5 Å². The Hall–Kier alpha value is -2.19. The molecule has 1 aliphatic heterocycles. The molecule has 6 heteroatoms. The van der Waals surface area contributed by atoms with Crippen molar-refractivity contribution < 1.29 is 9.18 Å². The van der Waals surface area contributed by atoms with Crippen molar-refractivity contribution in [3.8, 4) is 11.1 Å². The maximum absolute atomic E-state index is 13.1. The maximum atomic E-state index is 13.1. The average molecular weight is 463 g/mol. The first-order valence-electron chi connectivity index (χ1n) is 8.20. The fourth-order valence-corrected chi connectivity index (χ4v) is 4.51. The largest absolute Gasteiger partial charge is 0.333 e. The lowest BCUT2D eigenvalue weighted by Gasteiger charge is -2.23. The van der Waals surface area contributed by atoms with Crippen molar-refractivity contribution in [2.75, 3.05) is 19.6 Å². The summed E-state index contributed by atoms with van der Waals surface area (Å²) in [5, 5.41) is 0. The van der Waals surface area contributed by atoms with Crippen LogP contribution < -0.4 is 5.73 Å². The van der Waals surface area contributed by atoms with E-state index in [0.29, 0.717) is 25.2 Å². The van der Waals surface area contributed by atoms with Gasteiger partial charge >= 0.3 is 0 Å². The van der Waals surface area contributed by atoms with Gasteiger partial charge in [-0.25, -0.2) is 4.39 Å². The van der Waals surface area contributed by atoms with Crippen molar-refractivity contribution in [1.82, 2.24) is 9.88 Å². The number of halogens is 2. The Morgan fingerprint density at radius 3 is 2.65 bits per heavy atom. The van der Waals surface area contributed by atoms with Gasteiger partial charge in [0.05, 0.1) is 12.1 Å². The zero-order chi connectivity index (χ0) is 18.4. The van der Waals surface area contributed by atoms with Gasteiger partial charge in [-0.2, -0.15) is 0 Å². The van der Waals surface area contributed by atoms with Gasteiger partial charge in [0, 0.05) is 34.6 Å². The van der Waals surface area contributed by atoms with Crippen LogP contribution in [0.4, 0.5) is 4.39 Å². The monoisotopic (exact) mass is 463 g/mol. The highest BCUT2D eigenvalue weighted by atomic mass is 127. The third kappa shape index (κ3) is 4.70. The number of carbonyl (C=O) groups is 1. The molecule has 0 radical (unpaired) electrons. The highest BCUT2D eigenvalue weighted by Crippen LogP contribution is 2.22. The van der Waals surface area contributed by atoms with E-state index in [0.717, 1.165) is 11.1 Å². The van der Waals surface area contributed by atoms with Gasteiger partial charge in [0.25, 0.3) is 5.91 Å². The zero-order valence-corrected chi connectivity index (χ0v) is 16.3. The van der Waals surface area contributed by atoms with Crippen molar-refractivity contribution in [2.45, 2.75) is 0 Å². The first-order valence-corrected chi connectivity index (χ1v) is 10.5. The Bertz CT molecular complexity index is 875. The number of nitrogens with two attached hydrogens (primary N) is 1. The summed E-state index contributed by atoms with van der Waals surface area (Å²) >= 11 is -0.175. The average Bonchev–Trinajstić information content (AvgIpc) is 2.68. The van der Waals surface area contributed by atoms with E-state index in [1.165, 1.54) is 15.7 Å². The van der Waals surface area contributed by atoms with Gasteiger partial charge in [-0.05, 0) is 27.8 Å². The van der Waals surface area contributed by atoms with Crippen molar-refractivity contribution in [1.29, 1.82) is 0 Å². The summed E-state index contributed by atoms with van der Waals surface area (Å²) in [6.45, 7) is 1.48. The Kier molecular flexibility index (Phi) is 6.40. The Balaban J connectivity index is 1.83. The van der Waals surface area contributed by atoms with Crippen LogP contribution in [0.1, 0.15) is 10.4 Å². The Labute approximate surface area is 162 Å². The number of rotatable bonds is 6. The fraction of sp³-hybridized carbons (Fsp3) is 0.150. The predicted octanol–water partition coefficient (Wildman–Crippen LogP) is 3.52. The summed E-state index contributed by atoms with van der Waals surface area (Å²) in [7, 11) is 0. The Morgan fingerprint density at radius 1 is 1.15 bits per heavy atom. The second kappa shape index (κ2) is 8.95. The van der Waals surface area contributed by atoms with Gasteiger partial charge in [-0.3, -0.25) is 9.78 Å². The molecule has 3 rings (SSSR count). The molecule has 4 nitrogen and oxygen atoms in total. The molecule has 1 aromatic heterocycles. The molecule has 2 aromatic rings. The van der Waals surface area contributed by atoms with Crippen molar-refractivity contribution in [3.63, 3.8) is 0 Å². The summed E-state index contributed by atoms with van der Waals surface area (Å²) in [5.74, 6) is -0.385. The summed E-state index contributed by atoms with van der Waals surface area (Å²) in [5.41, 5.74) is 7.82. The molecule has 0 saturated carbocycles. The SMILES string of the molecule is NCCN(CC1=CC=CC=I1)C(=O)c1cncc(-c2ccc(F)cc2)c1. The summed E-state index contributed by atoms with van der Waals surface area (Å²) in [6.07, 6.45) is 9.36. The number of pyridine rings is 1.